The summed E-state index contributed by atoms with van der Waals surface area (Å²) in [6.45, 7) is 3.84. The molecule has 0 heterocycles. The molecule has 0 unspecified atom stereocenters. The van der Waals surface area contributed by atoms with Gasteiger partial charge in [0.25, 0.3) is 0 Å². The van der Waals surface area contributed by atoms with Crippen molar-refractivity contribution < 1.29 is 9.18 Å². The van der Waals surface area contributed by atoms with E-state index in [9.17, 15) is 9.18 Å². The Morgan fingerprint density at radius 1 is 1.16 bits per heavy atom. The summed E-state index contributed by atoms with van der Waals surface area (Å²) in [6, 6.07) is 8.17. The van der Waals surface area contributed by atoms with Crippen LogP contribution < -0.4 is 5.73 Å². The third-order valence-corrected chi connectivity index (χ3v) is 3.61. The molecule has 98 valence electrons. The summed E-state index contributed by atoms with van der Waals surface area (Å²) in [5.41, 5.74) is 8.43. The van der Waals surface area contributed by atoms with E-state index < -0.39 is 5.82 Å². The van der Waals surface area contributed by atoms with Gasteiger partial charge in [-0.15, -0.1) is 0 Å². The van der Waals surface area contributed by atoms with Gasteiger partial charge >= 0.3 is 0 Å². The van der Waals surface area contributed by atoms with Crippen molar-refractivity contribution in [1.82, 2.24) is 0 Å². The molecule has 4 heteroatoms. The highest BCUT2D eigenvalue weighted by molar-refractivity contribution is 9.10. The van der Waals surface area contributed by atoms with Crippen LogP contribution in [-0.4, -0.2) is 5.78 Å². The van der Waals surface area contributed by atoms with Crippen molar-refractivity contribution in [2.75, 3.05) is 5.73 Å². The van der Waals surface area contributed by atoms with Crippen LogP contribution in [0.4, 0.5) is 10.1 Å². The van der Waals surface area contributed by atoms with Gasteiger partial charge in [-0.05, 0) is 47.5 Å². The first kappa shape index (κ1) is 13.7. The van der Waals surface area contributed by atoms with Gasteiger partial charge in [0.2, 0.25) is 0 Å². The average Bonchev–Trinajstić information content (AvgIpc) is 2.33. The first-order chi connectivity index (χ1) is 8.90. The number of hydrogen-bond donors (Lipinski definition) is 1. The van der Waals surface area contributed by atoms with Gasteiger partial charge < -0.3 is 5.73 Å². The first-order valence-electron chi connectivity index (χ1n) is 5.76. The van der Waals surface area contributed by atoms with Crippen molar-refractivity contribution in [1.29, 1.82) is 0 Å². The van der Waals surface area contributed by atoms with E-state index in [1.807, 2.05) is 26.0 Å². The second kappa shape index (κ2) is 5.13. The highest BCUT2D eigenvalue weighted by Crippen LogP contribution is 2.26. The number of ketones is 1. The van der Waals surface area contributed by atoms with Crippen LogP contribution in [0, 0.1) is 19.7 Å². The molecule has 2 nitrogen and oxygen atoms in total. The van der Waals surface area contributed by atoms with Crippen LogP contribution in [0.5, 0.6) is 0 Å². The number of carbonyl (C=O) groups excluding carboxylic acids is 1. The quantitative estimate of drug-likeness (QED) is 0.670. The summed E-state index contributed by atoms with van der Waals surface area (Å²) in [7, 11) is 0. The molecule has 0 atom stereocenters. The second-order valence-corrected chi connectivity index (χ2v) is 5.36. The topological polar surface area (TPSA) is 43.1 Å². The minimum absolute atomic E-state index is 0.0312. The van der Waals surface area contributed by atoms with Gasteiger partial charge in [0.15, 0.2) is 5.78 Å². The predicted octanol–water partition coefficient (Wildman–Crippen LogP) is 4.02. The van der Waals surface area contributed by atoms with E-state index in [-0.39, 0.29) is 11.5 Å². The van der Waals surface area contributed by atoms with E-state index >= 15 is 0 Å². The molecule has 2 N–H and O–H groups in total. The summed E-state index contributed by atoms with van der Waals surface area (Å²) in [6.07, 6.45) is 0. The van der Waals surface area contributed by atoms with Crippen LogP contribution in [0.1, 0.15) is 27.0 Å². The summed E-state index contributed by atoms with van der Waals surface area (Å²) < 4.78 is 13.7. The predicted molar refractivity (Wildman–Crippen MR) is 77.9 cm³/mol. The van der Waals surface area contributed by atoms with Crippen LogP contribution >= 0.6 is 15.9 Å². The lowest BCUT2D eigenvalue weighted by molar-refractivity contribution is 0.103. The van der Waals surface area contributed by atoms with E-state index in [1.54, 1.807) is 6.07 Å². The molecule has 0 radical (unpaired) electrons. The molecule has 2 rings (SSSR count). The van der Waals surface area contributed by atoms with E-state index in [4.69, 9.17) is 5.73 Å². The Balaban J connectivity index is 2.53. The lowest BCUT2D eigenvalue weighted by atomic mass is 9.97. The Hall–Kier alpha value is -1.68. The fourth-order valence-corrected chi connectivity index (χ4v) is 2.45. The fraction of sp³-hybridized carbons (Fsp3) is 0.133. The summed E-state index contributed by atoms with van der Waals surface area (Å²) in [5, 5.41) is 0. The van der Waals surface area contributed by atoms with Gasteiger partial charge in [0.05, 0.1) is 5.69 Å². The van der Waals surface area contributed by atoms with Gasteiger partial charge in [-0.3, -0.25) is 4.79 Å². The minimum atomic E-state index is -0.538. The molecular weight excluding hydrogens is 309 g/mol. The standard InChI is InChI=1S/C15H13BrFNO/c1-8-3-4-10(9(2)5-8)15(19)11-6-14(18)13(17)7-12(11)16/h3-7H,18H2,1-2H3. The third kappa shape index (κ3) is 2.68. The minimum Gasteiger partial charge on any atom is -0.396 e. The fourth-order valence-electron chi connectivity index (χ4n) is 1.95. The van der Waals surface area contributed by atoms with E-state index in [1.165, 1.54) is 12.1 Å². The smallest absolute Gasteiger partial charge is 0.194 e. The maximum absolute atomic E-state index is 13.3. The molecule has 0 saturated carbocycles. The summed E-state index contributed by atoms with van der Waals surface area (Å²) >= 11 is 3.20. The molecule has 0 bridgehead atoms. The Bertz CT molecular complexity index is 667. The van der Waals surface area contributed by atoms with Crippen LogP contribution in [-0.2, 0) is 0 Å². The number of nitrogens with two attached hydrogens (primary N) is 1. The second-order valence-electron chi connectivity index (χ2n) is 4.50. The Kier molecular flexibility index (Phi) is 3.71. The highest BCUT2D eigenvalue weighted by atomic mass is 79.9. The Morgan fingerprint density at radius 3 is 2.47 bits per heavy atom. The monoisotopic (exact) mass is 321 g/mol. The molecule has 0 saturated heterocycles. The molecular formula is C15H13BrFNO. The van der Waals surface area contributed by atoms with Crippen molar-refractivity contribution in [3.8, 4) is 0 Å². The third-order valence-electron chi connectivity index (χ3n) is 2.96. The Labute approximate surface area is 119 Å². The maximum Gasteiger partial charge on any atom is 0.194 e. The normalized spacial score (nSPS) is 10.5. The molecule has 0 aliphatic rings. The van der Waals surface area contributed by atoms with Gasteiger partial charge in [-0.1, -0.05) is 23.8 Å². The largest absolute Gasteiger partial charge is 0.396 e. The lowest BCUT2D eigenvalue weighted by Gasteiger charge is -2.09. The zero-order chi connectivity index (χ0) is 14.2. The van der Waals surface area contributed by atoms with Gasteiger partial charge in [0, 0.05) is 15.6 Å². The number of anilines is 1. The highest BCUT2D eigenvalue weighted by Gasteiger charge is 2.16. The van der Waals surface area contributed by atoms with Crippen molar-refractivity contribution >= 4 is 27.4 Å². The number of benzene rings is 2. The van der Waals surface area contributed by atoms with Crippen LogP contribution in [0.15, 0.2) is 34.8 Å². The number of hydrogen-bond acceptors (Lipinski definition) is 2. The average molecular weight is 322 g/mol. The molecule has 0 aliphatic heterocycles. The molecule has 0 spiro atoms. The molecule has 0 aromatic heterocycles. The van der Waals surface area contributed by atoms with Crippen LogP contribution in [0.2, 0.25) is 0 Å². The van der Waals surface area contributed by atoms with E-state index in [2.05, 4.69) is 15.9 Å². The van der Waals surface area contributed by atoms with E-state index in [0.717, 1.165) is 11.1 Å². The zero-order valence-electron chi connectivity index (χ0n) is 10.6. The van der Waals surface area contributed by atoms with Crippen molar-refractivity contribution in [2.24, 2.45) is 0 Å². The maximum atomic E-state index is 13.3. The molecule has 0 amide bonds. The summed E-state index contributed by atoms with van der Waals surface area (Å²) in [4.78, 5) is 12.5. The van der Waals surface area contributed by atoms with Gasteiger partial charge in [0.1, 0.15) is 5.82 Å². The first-order valence-corrected chi connectivity index (χ1v) is 6.56. The molecule has 19 heavy (non-hydrogen) atoms. The molecule has 0 aliphatic carbocycles. The SMILES string of the molecule is Cc1ccc(C(=O)c2cc(N)c(F)cc2Br)c(C)c1. The van der Waals surface area contributed by atoms with Gasteiger partial charge in [-0.2, -0.15) is 0 Å². The summed E-state index contributed by atoms with van der Waals surface area (Å²) in [5.74, 6) is -0.708. The van der Waals surface area contributed by atoms with Gasteiger partial charge in [-0.25, -0.2) is 4.39 Å². The number of rotatable bonds is 2. The van der Waals surface area contributed by atoms with Crippen LogP contribution in [0.25, 0.3) is 0 Å². The zero-order valence-corrected chi connectivity index (χ0v) is 12.2. The van der Waals surface area contributed by atoms with Crippen LogP contribution in [0.3, 0.4) is 0 Å². The molecule has 0 fully saturated rings. The number of nitrogen functional groups attached to an aromatic ring is 1. The number of halogens is 2. The lowest BCUT2D eigenvalue weighted by Crippen LogP contribution is -2.06. The number of carbonyl (C=O) groups is 1. The van der Waals surface area contributed by atoms with Crippen molar-refractivity contribution in [2.45, 2.75) is 13.8 Å². The van der Waals surface area contributed by atoms with Crippen molar-refractivity contribution in [3.63, 3.8) is 0 Å². The number of aryl methyl sites for hydroxylation is 2. The van der Waals surface area contributed by atoms with Crippen molar-refractivity contribution in [3.05, 3.63) is 62.9 Å². The molecule has 2 aromatic carbocycles. The molecule has 2 aromatic rings. The van der Waals surface area contributed by atoms with E-state index in [0.29, 0.717) is 15.6 Å². The Morgan fingerprint density at radius 2 is 1.84 bits per heavy atom.